The van der Waals surface area contributed by atoms with Gasteiger partial charge in [-0.3, -0.25) is 0 Å². The smallest absolute Gasteiger partial charge is 0.122 e. The van der Waals surface area contributed by atoms with E-state index in [1.54, 1.807) is 0 Å². The molecule has 0 amide bonds. The predicted octanol–water partition coefficient (Wildman–Crippen LogP) is 0.381. The summed E-state index contributed by atoms with van der Waals surface area (Å²) in [4.78, 5) is 9.87. The minimum Gasteiger partial charge on any atom is -0.379 e. The number of hydrogen-bond acceptors (Lipinski definition) is 3. The lowest BCUT2D eigenvalue weighted by atomic mass is 10.3. The normalized spacial score (nSPS) is 25.0. The standard InChI is InChI=1S/C7H12O3/c8-3-1-4-10-7-2-5-9-6-7/h3,7H,1-2,4-6H2. The Kier molecular flexibility index (Phi) is 3.40. The Balaban J connectivity index is 1.96. The molecule has 0 aromatic rings. The molecule has 1 heterocycles. The lowest BCUT2D eigenvalue weighted by Crippen LogP contribution is -2.12. The van der Waals surface area contributed by atoms with E-state index in [1.165, 1.54) is 0 Å². The Morgan fingerprint density at radius 3 is 3.20 bits per heavy atom. The summed E-state index contributed by atoms with van der Waals surface area (Å²) < 4.78 is 10.4. The molecule has 1 saturated heterocycles. The summed E-state index contributed by atoms with van der Waals surface area (Å²) in [5.41, 5.74) is 0. The van der Waals surface area contributed by atoms with Crippen LogP contribution in [-0.4, -0.2) is 32.2 Å². The molecule has 0 aromatic heterocycles. The lowest BCUT2D eigenvalue weighted by molar-refractivity contribution is -0.109. The summed E-state index contributed by atoms with van der Waals surface area (Å²) >= 11 is 0. The van der Waals surface area contributed by atoms with Crippen molar-refractivity contribution in [3.63, 3.8) is 0 Å². The van der Waals surface area contributed by atoms with E-state index in [4.69, 9.17) is 9.47 Å². The van der Waals surface area contributed by atoms with Crippen molar-refractivity contribution < 1.29 is 14.3 Å². The van der Waals surface area contributed by atoms with Crippen LogP contribution < -0.4 is 0 Å². The van der Waals surface area contributed by atoms with Gasteiger partial charge in [-0.15, -0.1) is 0 Å². The predicted molar refractivity (Wildman–Crippen MR) is 35.9 cm³/mol. The van der Waals surface area contributed by atoms with Crippen molar-refractivity contribution in [2.75, 3.05) is 19.8 Å². The Bertz CT molecular complexity index is 97.0. The highest BCUT2D eigenvalue weighted by Crippen LogP contribution is 2.07. The summed E-state index contributed by atoms with van der Waals surface area (Å²) in [6, 6.07) is 0. The van der Waals surface area contributed by atoms with E-state index in [0.717, 1.165) is 19.3 Å². The molecule has 0 saturated carbocycles. The van der Waals surface area contributed by atoms with E-state index < -0.39 is 0 Å². The molecular formula is C7H12O3. The van der Waals surface area contributed by atoms with E-state index >= 15 is 0 Å². The zero-order valence-corrected chi connectivity index (χ0v) is 5.91. The summed E-state index contributed by atoms with van der Waals surface area (Å²) in [6.07, 6.45) is 2.57. The van der Waals surface area contributed by atoms with Gasteiger partial charge in [-0.2, -0.15) is 0 Å². The van der Waals surface area contributed by atoms with Crippen LogP contribution in [0.15, 0.2) is 0 Å². The first-order valence-electron chi connectivity index (χ1n) is 3.56. The van der Waals surface area contributed by atoms with E-state index in [9.17, 15) is 4.79 Å². The minimum absolute atomic E-state index is 0.236. The molecule has 1 atom stereocenters. The fraction of sp³-hybridized carbons (Fsp3) is 0.857. The van der Waals surface area contributed by atoms with Gasteiger partial charge in [0.15, 0.2) is 0 Å². The van der Waals surface area contributed by atoms with E-state index in [1.807, 2.05) is 0 Å². The zero-order chi connectivity index (χ0) is 7.23. The molecule has 0 aromatic carbocycles. The molecule has 0 N–H and O–H groups in total. The van der Waals surface area contributed by atoms with Crippen LogP contribution in [0.1, 0.15) is 12.8 Å². The monoisotopic (exact) mass is 144 g/mol. The quantitative estimate of drug-likeness (QED) is 0.422. The molecule has 1 unspecified atom stereocenters. The molecule has 3 nitrogen and oxygen atoms in total. The van der Waals surface area contributed by atoms with Gasteiger partial charge in [0.05, 0.1) is 19.3 Å². The van der Waals surface area contributed by atoms with Crippen LogP contribution >= 0.6 is 0 Å². The first kappa shape index (κ1) is 7.69. The Morgan fingerprint density at radius 1 is 1.70 bits per heavy atom. The van der Waals surface area contributed by atoms with Crippen molar-refractivity contribution in [2.24, 2.45) is 0 Å². The molecule has 1 fully saturated rings. The van der Waals surface area contributed by atoms with Crippen molar-refractivity contribution in [1.29, 1.82) is 0 Å². The maximum absolute atomic E-state index is 9.87. The molecule has 1 rings (SSSR count). The summed E-state index contributed by atoms with van der Waals surface area (Å²) in [5.74, 6) is 0. The van der Waals surface area contributed by atoms with Crippen LogP contribution in [-0.2, 0) is 14.3 Å². The van der Waals surface area contributed by atoms with Crippen molar-refractivity contribution >= 4 is 6.29 Å². The molecule has 1 aliphatic heterocycles. The van der Waals surface area contributed by atoms with Crippen LogP contribution in [0.4, 0.5) is 0 Å². The molecule has 3 heteroatoms. The van der Waals surface area contributed by atoms with Crippen LogP contribution in [0.3, 0.4) is 0 Å². The molecule has 1 aliphatic rings. The maximum atomic E-state index is 9.87. The third kappa shape index (κ3) is 2.45. The van der Waals surface area contributed by atoms with Crippen LogP contribution in [0.5, 0.6) is 0 Å². The van der Waals surface area contributed by atoms with Gasteiger partial charge in [-0.05, 0) is 6.42 Å². The molecule has 10 heavy (non-hydrogen) atoms. The highest BCUT2D eigenvalue weighted by atomic mass is 16.5. The molecule has 0 bridgehead atoms. The largest absolute Gasteiger partial charge is 0.379 e. The number of rotatable bonds is 4. The highest BCUT2D eigenvalue weighted by molar-refractivity contribution is 5.49. The van der Waals surface area contributed by atoms with Gasteiger partial charge in [0, 0.05) is 13.0 Å². The topological polar surface area (TPSA) is 35.5 Å². The number of carbonyl (C=O) groups excluding carboxylic acids is 1. The molecular weight excluding hydrogens is 132 g/mol. The average Bonchev–Trinajstić information content (AvgIpc) is 2.41. The van der Waals surface area contributed by atoms with Gasteiger partial charge in [-0.1, -0.05) is 0 Å². The Morgan fingerprint density at radius 2 is 2.60 bits per heavy atom. The summed E-state index contributed by atoms with van der Waals surface area (Å²) in [6.45, 7) is 2.03. The van der Waals surface area contributed by atoms with Gasteiger partial charge in [-0.25, -0.2) is 0 Å². The van der Waals surface area contributed by atoms with Crippen molar-refractivity contribution in [2.45, 2.75) is 18.9 Å². The van der Waals surface area contributed by atoms with Crippen molar-refractivity contribution in [3.05, 3.63) is 0 Å². The second kappa shape index (κ2) is 4.41. The van der Waals surface area contributed by atoms with E-state index in [0.29, 0.717) is 19.6 Å². The third-order valence-corrected chi connectivity index (χ3v) is 1.48. The van der Waals surface area contributed by atoms with Crippen molar-refractivity contribution in [1.82, 2.24) is 0 Å². The second-order valence-corrected chi connectivity index (χ2v) is 2.31. The zero-order valence-electron chi connectivity index (χ0n) is 5.91. The average molecular weight is 144 g/mol. The summed E-state index contributed by atoms with van der Waals surface area (Å²) in [5, 5.41) is 0. The van der Waals surface area contributed by atoms with Crippen LogP contribution in [0, 0.1) is 0 Å². The van der Waals surface area contributed by atoms with E-state index in [-0.39, 0.29) is 6.10 Å². The number of hydrogen-bond donors (Lipinski definition) is 0. The molecule has 0 radical (unpaired) electrons. The molecule has 0 spiro atoms. The molecule has 0 aliphatic carbocycles. The molecule has 58 valence electrons. The van der Waals surface area contributed by atoms with Crippen molar-refractivity contribution in [3.8, 4) is 0 Å². The highest BCUT2D eigenvalue weighted by Gasteiger charge is 2.14. The van der Waals surface area contributed by atoms with Gasteiger partial charge in [0.2, 0.25) is 0 Å². The first-order valence-corrected chi connectivity index (χ1v) is 3.56. The SMILES string of the molecule is O=CCCOC1CCOC1. The van der Waals surface area contributed by atoms with Gasteiger partial charge >= 0.3 is 0 Å². The van der Waals surface area contributed by atoms with Crippen LogP contribution in [0.2, 0.25) is 0 Å². The van der Waals surface area contributed by atoms with E-state index in [2.05, 4.69) is 0 Å². The fourth-order valence-electron chi connectivity index (χ4n) is 0.927. The fourth-order valence-corrected chi connectivity index (χ4v) is 0.927. The Hall–Kier alpha value is -0.410. The lowest BCUT2D eigenvalue weighted by Gasteiger charge is -2.06. The Labute approximate surface area is 60.3 Å². The first-order chi connectivity index (χ1) is 4.93. The van der Waals surface area contributed by atoms with Gasteiger partial charge in [0.1, 0.15) is 6.29 Å². The van der Waals surface area contributed by atoms with Crippen LogP contribution in [0.25, 0.3) is 0 Å². The third-order valence-electron chi connectivity index (χ3n) is 1.48. The van der Waals surface area contributed by atoms with Gasteiger partial charge in [0.25, 0.3) is 0 Å². The summed E-state index contributed by atoms with van der Waals surface area (Å²) in [7, 11) is 0. The number of aldehydes is 1. The number of ether oxygens (including phenoxy) is 2. The maximum Gasteiger partial charge on any atom is 0.122 e. The van der Waals surface area contributed by atoms with Gasteiger partial charge < -0.3 is 14.3 Å². The second-order valence-electron chi connectivity index (χ2n) is 2.31. The minimum atomic E-state index is 0.236. The number of carbonyl (C=O) groups is 1.